The van der Waals surface area contributed by atoms with Gasteiger partial charge in [0.25, 0.3) is 12.3 Å². The summed E-state index contributed by atoms with van der Waals surface area (Å²) >= 11 is 0. The standard InChI is InChI=1S/C15H18F2N4O/c1-8-6-10(12(16)17)20-21-11(7-18-13(8)21)14(22)19-15(2,3)9-4-5-9/h6-7,9,12H,4-5H2,1-3H3,(H,19,22). The number of halogens is 2. The van der Waals surface area contributed by atoms with Gasteiger partial charge in [-0.25, -0.2) is 18.3 Å². The predicted molar refractivity (Wildman–Crippen MR) is 77.0 cm³/mol. The predicted octanol–water partition coefficient (Wildman–Crippen LogP) is 2.89. The van der Waals surface area contributed by atoms with Gasteiger partial charge in [0, 0.05) is 5.54 Å². The number of nitrogens with zero attached hydrogens (tertiary/aromatic N) is 3. The third-order valence-electron chi connectivity index (χ3n) is 4.16. The molecule has 0 aromatic carbocycles. The molecule has 2 aromatic rings. The quantitative estimate of drug-likeness (QED) is 0.945. The van der Waals surface area contributed by atoms with Crippen LogP contribution in [0.5, 0.6) is 0 Å². The molecule has 0 atom stereocenters. The highest BCUT2D eigenvalue weighted by atomic mass is 19.3. The van der Waals surface area contributed by atoms with Gasteiger partial charge in [0.15, 0.2) is 11.3 Å². The van der Waals surface area contributed by atoms with Crippen LogP contribution in [-0.2, 0) is 0 Å². The molecule has 5 nitrogen and oxygen atoms in total. The van der Waals surface area contributed by atoms with E-state index < -0.39 is 6.43 Å². The highest BCUT2D eigenvalue weighted by molar-refractivity contribution is 5.93. The minimum atomic E-state index is -2.69. The Morgan fingerprint density at radius 2 is 2.14 bits per heavy atom. The number of carbonyl (C=O) groups is 1. The van der Waals surface area contributed by atoms with E-state index in [1.165, 1.54) is 16.8 Å². The van der Waals surface area contributed by atoms with Crippen molar-refractivity contribution >= 4 is 11.6 Å². The second kappa shape index (κ2) is 5.00. The van der Waals surface area contributed by atoms with Gasteiger partial charge in [0.2, 0.25) is 0 Å². The highest BCUT2D eigenvalue weighted by Crippen LogP contribution is 2.39. The lowest BCUT2D eigenvalue weighted by atomic mass is 9.98. The summed E-state index contributed by atoms with van der Waals surface area (Å²) in [6.07, 6.45) is 0.869. The molecule has 1 aliphatic carbocycles. The third-order valence-corrected chi connectivity index (χ3v) is 4.16. The molecule has 3 rings (SSSR count). The number of aromatic nitrogens is 3. The van der Waals surface area contributed by atoms with Crippen molar-refractivity contribution in [2.24, 2.45) is 5.92 Å². The zero-order chi connectivity index (χ0) is 16.1. The minimum Gasteiger partial charge on any atom is -0.345 e. The van der Waals surface area contributed by atoms with Gasteiger partial charge in [-0.05, 0) is 51.2 Å². The molecule has 0 unspecified atom stereocenters. The molecule has 1 aliphatic rings. The monoisotopic (exact) mass is 308 g/mol. The van der Waals surface area contributed by atoms with Crippen LogP contribution in [0.15, 0.2) is 12.3 Å². The number of nitrogens with one attached hydrogen (secondary N) is 1. The number of imidazole rings is 1. The van der Waals surface area contributed by atoms with Crippen LogP contribution in [-0.4, -0.2) is 26.0 Å². The molecule has 1 amide bonds. The summed E-state index contributed by atoms with van der Waals surface area (Å²) in [6, 6.07) is 1.29. The molecule has 0 spiro atoms. The lowest BCUT2D eigenvalue weighted by Gasteiger charge is -2.25. The smallest absolute Gasteiger partial charge is 0.282 e. The van der Waals surface area contributed by atoms with Crippen molar-refractivity contribution in [3.8, 4) is 0 Å². The first-order chi connectivity index (χ1) is 10.3. The van der Waals surface area contributed by atoms with E-state index >= 15 is 0 Å². The molecule has 2 heterocycles. The van der Waals surface area contributed by atoms with Crippen molar-refractivity contribution in [1.82, 2.24) is 19.9 Å². The van der Waals surface area contributed by atoms with Crippen molar-refractivity contribution in [3.63, 3.8) is 0 Å². The second-order valence-corrected chi connectivity index (χ2v) is 6.38. The number of carbonyl (C=O) groups excluding carboxylic acids is 1. The van der Waals surface area contributed by atoms with E-state index in [4.69, 9.17) is 0 Å². The fraction of sp³-hybridized carbons (Fsp3) is 0.533. The largest absolute Gasteiger partial charge is 0.345 e. The van der Waals surface area contributed by atoms with Gasteiger partial charge in [-0.1, -0.05) is 0 Å². The first kappa shape index (κ1) is 14.9. The summed E-state index contributed by atoms with van der Waals surface area (Å²) in [5, 5.41) is 6.80. The Labute approximate surface area is 126 Å². The molecule has 2 aromatic heterocycles. The average molecular weight is 308 g/mol. The molecule has 0 saturated heterocycles. The normalized spacial score (nSPS) is 15.5. The Hall–Kier alpha value is -2.05. The van der Waals surface area contributed by atoms with Crippen LogP contribution in [0.2, 0.25) is 0 Å². The molecule has 7 heteroatoms. The number of amides is 1. The number of hydrogen-bond donors (Lipinski definition) is 1. The Balaban J connectivity index is 1.98. The maximum absolute atomic E-state index is 12.9. The maximum Gasteiger partial charge on any atom is 0.282 e. The van der Waals surface area contributed by atoms with Gasteiger partial charge >= 0.3 is 0 Å². The molecule has 0 aliphatic heterocycles. The van der Waals surface area contributed by atoms with Crippen molar-refractivity contribution in [1.29, 1.82) is 0 Å². The molecule has 1 fully saturated rings. The molecular formula is C15H18F2N4O. The van der Waals surface area contributed by atoms with Gasteiger partial charge in [-0.15, -0.1) is 0 Å². The van der Waals surface area contributed by atoms with Crippen molar-refractivity contribution in [2.45, 2.75) is 45.6 Å². The molecule has 0 bridgehead atoms. The van der Waals surface area contributed by atoms with Crippen LogP contribution in [0.25, 0.3) is 5.65 Å². The van der Waals surface area contributed by atoms with E-state index in [1.54, 1.807) is 6.92 Å². The van der Waals surface area contributed by atoms with Crippen LogP contribution < -0.4 is 5.32 Å². The SMILES string of the molecule is Cc1cc(C(F)F)nn2c(C(=O)NC(C)(C)C3CC3)cnc12. The Morgan fingerprint density at radius 3 is 2.73 bits per heavy atom. The van der Waals surface area contributed by atoms with Crippen LogP contribution >= 0.6 is 0 Å². The lowest BCUT2D eigenvalue weighted by Crippen LogP contribution is -2.45. The van der Waals surface area contributed by atoms with E-state index in [2.05, 4.69) is 15.4 Å². The van der Waals surface area contributed by atoms with Gasteiger partial charge in [0.05, 0.1) is 6.20 Å². The molecule has 1 saturated carbocycles. The fourth-order valence-corrected chi connectivity index (χ4v) is 2.67. The van der Waals surface area contributed by atoms with Crippen LogP contribution in [0.4, 0.5) is 8.78 Å². The molecule has 22 heavy (non-hydrogen) atoms. The highest BCUT2D eigenvalue weighted by Gasteiger charge is 2.39. The summed E-state index contributed by atoms with van der Waals surface area (Å²) in [4.78, 5) is 16.6. The topological polar surface area (TPSA) is 59.3 Å². The average Bonchev–Trinajstić information content (AvgIpc) is 3.19. The number of rotatable bonds is 4. The fourth-order valence-electron chi connectivity index (χ4n) is 2.67. The van der Waals surface area contributed by atoms with Crippen LogP contribution in [0.3, 0.4) is 0 Å². The zero-order valence-corrected chi connectivity index (χ0v) is 12.7. The number of aryl methyl sites for hydroxylation is 1. The summed E-state index contributed by atoms with van der Waals surface area (Å²) < 4.78 is 27.0. The van der Waals surface area contributed by atoms with Crippen LogP contribution in [0, 0.1) is 12.8 Å². The molecule has 118 valence electrons. The maximum atomic E-state index is 12.9. The number of hydrogen-bond acceptors (Lipinski definition) is 3. The summed E-state index contributed by atoms with van der Waals surface area (Å²) in [6.45, 7) is 5.61. The summed E-state index contributed by atoms with van der Waals surface area (Å²) in [5.74, 6) is 0.115. The van der Waals surface area contributed by atoms with Gasteiger partial charge < -0.3 is 5.32 Å². The third kappa shape index (κ3) is 2.55. The summed E-state index contributed by atoms with van der Waals surface area (Å²) in [5.41, 5.74) is 0.466. The van der Waals surface area contributed by atoms with Crippen molar-refractivity contribution in [3.05, 3.63) is 29.2 Å². The first-order valence-corrected chi connectivity index (χ1v) is 7.25. The first-order valence-electron chi connectivity index (χ1n) is 7.25. The van der Waals surface area contributed by atoms with Crippen LogP contribution in [0.1, 0.15) is 54.9 Å². The number of fused-ring (bicyclic) bond motifs is 1. The second-order valence-electron chi connectivity index (χ2n) is 6.38. The molecular weight excluding hydrogens is 290 g/mol. The Morgan fingerprint density at radius 1 is 1.45 bits per heavy atom. The van der Waals surface area contributed by atoms with E-state index in [1.807, 2.05) is 13.8 Å². The Bertz CT molecular complexity index is 734. The van der Waals surface area contributed by atoms with Gasteiger partial charge in [-0.2, -0.15) is 5.10 Å². The number of alkyl halides is 2. The lowest BCUT2D eigenvalue weighted by molar-refractivity contribution is 0.0895. The van der Waals surface area contributed by atoms with Crippen molar-refractivity contribution < 1.29 is 13.6 Å². The van der Waals surface area contributed by atoms with E-state index in [-0.39, 0.29) is 22.8 Å². The zero-order valence-electron chi connectivity index (χ0n) is 12.7. The van der Waals surface area contributed by atoms with Gasteiger partial charge in [0.1, 0.15) is 5.69 Å². The Kier molecular flexibility index (Phi) is 3.38. The van der Waals surface area contributed by atoms with E-state index in [9.17, 15) is 13.6 Å². The molecule has 1 N–H and O–H groups in total. The summed E-state index contributed by atoms with van der Waals surface area (Å²) in [7, 11) is 0. The van der Waals surface area contributed by atoms with E-state index in [0.717, 1.165) is 12.8 Å². The minimum absolute atomic E-state index is 0.175. The van der Waals surface area contributed by atoms with Gasteiger partial charge in [-0.3, -0.25) is 4.79 Å². The molecule has 0 radical (unpaired) electrons. The van der Waals surface area contributed by atoms with Crippen molar-refractivity contribution in [2.75, 3.05) is 0 Å². The van der Waals surface area contributed by atoms with E-state index in [0.29, 0.717) is 17.1 Å².